The van der Waals surface area contributed by atoms with Gasteiger partial charge in [0.15, 0.2) is 0 Å². The second kappa shape index (κ2) is 8.76. The first-order valence-electron chi connectivity index (χ1n) is 9.08. The van der Waals surface area contributed by atoms with Crippen molar-refractivity contribution in [1.82, 2.24) is 4.72 Å². The SMILES string of the molecule is CC[C@H](NS(=O)(=O)c1cc(C(C)C)c(OC)cc1C)c1ccc(OC)cc1. The minimum Gasteiger partial charge on any atom is -0.497 e. The van der Waals surface area contributed by atoms with E-state index in [0.717, 1.165) is 16.9 Å². The van der Waals surface area contributed by atoms with Gasteiger partial charge in [0.25, 0.3) is 0 Å². The zero-order valence-electron chi connectivity index (χ0n) is 16.9. The molecule has 0 radical (unpaired) electrons. The molecule has 1 atom stereocenters. The molecule has 2 aromatic rings. The van der Waals surface area contributed by atoms with Gasteiger partial charge >= 0.3 is 0 Å². The third-order valence-corrected chi connectivity index (χ3v) is 6.28. The predicted octanol–water partition coefficient (Wildman–Crippen LogP) is 4.57. The molecule has 2 rings (SSSR count). The first-order valence-corrected chi connectivity index (χ1v) is 10.6. The van der Waals surface area contributed by atoms with Crippen molar-refractivity contribution in [1.29, 1.82) is 0 Å². The Morgan fingerprint density at radius 3 is 2.15 bits per heavy atom. The lowest BCUT2D eigenvalue weighted by molar-refractivity contribution is 0.406. The summed E-state index contributed by atoms with van der Waals surface area (Å²) in [6.45, 7) is 7.78. The van der Waals surface area contributed by atoms with Gasteiger partial charge in [-0.1, -0.05) is 32.9 Å². The van der Waals surface area contributed by atoms with Gasteiger partial charge in [-0.2, -0.15) is 0 Å². The van der Waals surface area contributed by atoms with E-state index in [9.17, 15) is 8.42 Å². The summed E-state index contributed by atoms with van der Waals surface area (Å²) in [6.07, 6.45) is 0.637. The van der Waals surface area contributed by atoms with Gasteiger partial charge in [0.05, 0.1) is 19.1 Å². The third-order valence-electron chi connectivity index (χ3n) is 4.66. The summed E-state index contributed by atoms with van der Waals surface area (Å²) in [4.78, 5) is 0.291. The number of methoxy groups -OCH3 is 2. The van der Waals surface area contributed by atoms with E-state index in [1.807, 2.05) is 45.0 Å². The molecule has 1 N–H and O–H groups in total. The third kappa shape index (κ3) is 4.82. The first-order chi connectivity index (χ1) is 12.7. The highest BCUT2D eigenvalue weighted by Gasteiger charge is 2.24. The molecule has 6 heteroatoms. The second-order valence-corrected chi connectivity index (χ2v) is 8.55. The molecular formula is C21H29NO4S. The van der Waals surface area contributed by atoms with Crippen molar-refractivity contribution in [3.8, 4) is 11.5 Å². The Morgan fingerprint density at radius 2 is 1.67 bits per heavy atom. The Kier molecular flexibility index (Phi) is 6.89. The summed E-state index contributed by atoms with van der Waals surface area (Å²) >= 11 is 0. The monoisotopic (exact) mass is 391 g/mol. The zero-order valence-corrected chi connectivity index (χ0v) is 17.7. The van der Waals surface area contributed by atoms with Crippen LogP contribution in [0, 0.1) is 6.92 Å². The number of benzene rings is 2. The highest BCUT2D eigenvalue weighted by Crippen LogP contribution is 2.32. The molecule has 0 fully saturated rings. The van der Waals surface area contributed by atoms with Gasteiger partial charge in [-0.15, -0.1) is 0 Å². The van der Waals surface area contributed by atoms with E-state index in [-0.39, 0.29) is 12.0 Å². The van der Waals surface area contributed by atoms with E-state index in [4.69, 9.17) is 9.47 Å². The Hall–Kier alpha value is -2.05. The zero-order chi connectivity index (χ0) is 20.2. The van der Waals surface area contributed by atoms with Gasteiger partial charge in [-0.3, -0.25) is 0 Å². The smallest absolute Gasteiger partial charge is 0.241 e. The van der Waals surface area contributed by atoms with Gasteiger partial charge in [-0.25, -0.2) is 13.1 Å². The molecule has 2 aromatic carbocycles. The van der Waals surface area contributed by atoms with Gasteiger partial charge in [0, 0.05) is 6.04 Å². The van der Waals surface area contributed by atoms with Crippen molar-refractivity contribution in [3.05, 3.63) is 53.1 Å². The molecule has 0 heterocycles. The van der Waals surface area contributed by atoms with Crippen LogP contribution in [0.5, 0.6) is 11.5 Å². The maximum absolute atomic E-state index is 13.1. The fraction of sp³-hybridized carbons (Fsp3) is 0.429. The Balaban J connectivity index is 2.40. The van der Waals surface area contributed by atoms with Crippen molar-refractivity contribution in [3.63, 3.8) is 0 Å². The number of aryl methyl sites for hydroxylation is 1. The van der Waals surface area contributed by atoms with Crippen LogP contribution in [0.15, 0.2) is 41.3 Å². The largest absolute Gasteiger partial charge is 0.497 e. The number of hydrogen-bond donors (Lipinski definition) is 1. The average Bonchev–Trinajstić information content (AvgIpc) is 2.65. The molecule has 0 aliphatic rings. The predicted molar refractivity (Wildman–Crippen MR) is 108 cm³/mol. The lowest BCUT2D eigenvalue weighted by Gasteiger charge is -2.20. The lowest BCUT2D eigenvalue weighted by atomic mass is 10.0. The van der Waals surface area contributed by atoms with Crippen molar-refractivity contribution in [2.45, 2.75) is 51.0 Å². The van der Waals surface area contributed by atoms with Crippen LogP contribution in [-0.2, 0) is 10.0 Å². The summed E-state index contributed by atoms with van der Waals surface area (Å²) in [5, 5.41) is 0. The van der Waals surface area contributed by atoms with Crippen molar-refractivity contribution in [2.75, 3.05) is 14.2 Å². The Bertz CT molecular complexity index is 874. The van der Waals surface area contributed by atoms with Crippen LogP contribution < -0.4 is 14.2 Å². The summed E-state index contributed by atoms with van der Waals surface area (Å²) in [5.74, 6) is 1.60. The van der Waals surface area contributed by atoms with Gasteiger partial charge in [0.1, 0.15) is 11.5 Å². The lowest BCUT2D eigenvalue weighted by Crippen LogP contribution is -2.29. The molecule has 0 amide bonds. The van der Waals surface area contributed by atoms with Crippen molar-refractivity contribution >= 4 is 10.0 Å². The summed E-state index contributed by atoms with van der Waals surface area (Å²) in [7, 11) is -0.478. The van der Waals surface area contributed by atoms with Crippen LogP contribution in [0.2, 0.25) is 0 Å². The number of hydrogen-bond acceptors (Lipinski definition) is 4. The molecule has 0 aliphatic heterocycles. The van der Waals surface area contributed by atoms with Crippen LogP contribution in [-0.4, -0.2) is 22.6 Å². The molecule has 0 unspecified atom stereocenters. The van der Waals surface area contributed by atoms with Crippen LogP contribution in [0.3, 0.4) is 0 Å². The molecule has 0 bridgehead atoms. The summed E-state index contributed by atoms with van der Waals surface area (Å²) in [6, 6.07) is 10.6. The topological polar surface area (TPSA) is 64.6 Å². The van der Waals surface area contributed by atoms with E-state index >= 15 is 0 Å². The highest BCUT2D eigenvalue weighted by molar-refractivity contribution is 7.89. The van der Waals surface area contributed by atoms with Gasteiger partial charge < -0.3 is 9.47 Å². The maximum Gasteiger partial charge on any atom is 0.241 e. The van der Waals surface area contributed by atoms with E-state index in [1.165, 1.54) is 0 Å². The number of nitrogens with one attached hydrogen (secondary N) is 1. The van der Waals surface area contributed by atoms with Crippen LogP contribution in [0.1, 0.15) is 55.8 Å². The van der Waals surface area contributed by atoms with Crippen molar-refractivity contribution in [2.24, 2.45) is 0 Å². The quantitative estimate of drug-likeness (QED) is 0.716. The molecule has 148 valence electrons. The molecule has 27 heavy (non-hydrogen) atoms. The Morgan fingerprint density at radius 1 is 1.04 bits per heavy atom. The van der Waals surface area contributed by atoms with Gasteiger partial charge in [0.2, 0.25) is 10.0 Å². The van der Waals surface area contributed by atoms with E-state index in [2.05, 4.69) is 4.72 Å². The summed E-state index contributed by atoms with van der Waals surface area (Å²) in [5.41, 5.74) is 2.44. The average molecular weight is 392 g/mol. The molecule has 0 saturated heterocycles. The number of sulfonamides is 1. The van der Waals surface area contributed by atoms with Gasteiger partial charge in [-0.05, 0) is 60.2 Å². The number of rotatable bonds is 8. The Labute approximate surface area is 162 Å². The van der Waals surface area contributed by atoms with Crippen molar-refractivity contribution < 1.29 is 17.9 Å². The molecule has 0 aromatic heterocycles. The standard InChI is InChI=1S/C21H29NO4S/c1-7-19(16-8-10-17(25-5)11-9-16)22-27(23,24)21-13-18(14(2)3)20(26-6)12-15(21)4/h8-14,19,22H,7H2,1-6H3/t19-/m0/s1. The van der Waals surface area contributed by atoms with Crippen LogP contribution in [0.25, 0.3) is 0 Å². The van der Waals surface area contributed by atoms with E-state index in [1.54, 1.807) is 33.3 Å². The first kappa shape index (κ1) is 21.3. The molecule has 0 spiro atoms. The fourth-order valence-electron chi connectivity index (χ4n) is 3.07. The summed E-state index contributed by atoms with van der Waals surface area (Å²) < 4.78 is 39.7. The maximum atomic E-state index is 13.1. The molecule has 0 saturated carbocycles. The minimum atomic E-state index is -3.68. The second-order valence-electron chi connectivity index (χ2n) is 6.87. The van der Waals surface area contributed by atoms with E-state index in [0.29, 0.717) is 22.6 Å². The fourth-order valence-corrected chi connectivity index (χ4v) is 4.64. The minimum absolute atomic E-state index is 0.151. The van der Waals surface area contributed by atoms with E-state index < -0.39 is 10.0 Å². The molecule has 0 aliphatic carbocycles. The number of ether oxygens (including phenoxy) is 2. The highest BCUT2D eigenvalue weighted by atomic mass is 32.2. The van der Waals surface area contributed by atoms with Crippen LogP contribution >= 0.6 is 0 Å². The normalized spacial score (nSPS) is 12.9. The van der Waals surface area contributed by atoms with Crippen LogP contribution in [0.4, 0.5) is 0 Å². The molecular weight excluding hydrogens is 362 g/mol. The molecule has 5 nitrogen and oxygen atoms in total.